The van der Waals surface area contributed by atoms with Gasteiger partial charge in [-0.2, -0.15) is 0 Å². The quantitative estimate of drug-likeness (QED) is 0.309. The number of pyridine rings is 1. The van der Waals surface area contributed by atoms with Crippen molar-refractivity contribution in [3.05, 3.63) is 95.9 Å². The minimum absolute atomic E-state index is 0.0498. The number of nitrogens with one attached hydrogen (secondary N) is 2. The van der Waals surface area contributed by atoms with Gasteiger partial charge in [-0.25, -0.2) is 9.97 Å². The highest BCUT2D eigenvalue weighted by Crippen LogP contribution is 2.26. The molecule has 0 aliphatic heterocycles. The van der Waals surface area contributed by atoms with E-state index in [1.807, 2.05) is 50.2 Å². The first-order chi connectivity index (χ1) is 16.9. The Hall–Kier alpha value is -4.06. The van der Waals surface area contributed by atoms with E-state index in [0.717, 1.165) is 40.2 Å². The molecule has 0 aliphatic carbocycles. The Morgan fingerprint density at radius 2 is 1.77 bits per heavy atom. The first kappa shape index (κ1) is 24.1. The van der Waals surface area contributed by atoms with E-state index in [1.54, 1.807) is 18.6 Å². The van der Waals surface area contributed by atoms with Crippen molar-refractivity contribution < 1.29 is 4.79 Å². The molecule has 2 aromatic carbocycles. The Morgan fingerprint density at radius 1 is 0.971 bits per heavy atom. The molecule has 1 atom stereocenters. The zero-order valence-corrected chi connectivity index (χ0v) is 20.6. The SMILES string of the molecule is Cc1ccc(NC(=O)C(C)c2ccc(CC(C)C)cc2)cc1Nc1nccc(-c2cccnc2)n1. The van der Waals surface area contributed by atoms with Gasteiger partial charge in [0.2, 0.25) is 11.9 Å². The van der Waals surface area contributed by atoms with E-state index in [1.165, 1.54) is 5.56 Å². The van der Waals surface area contributed by atoms with Gasteiger partial charge in [-0.3, -0.25) is 9.78 Å². The molecule has 0 radical (unpaired) electrons. The van der Waals surface area contributed by atoms with Crippen molar-refractivity contribution in [2.75, 3.05) is 10.6 Å². The molecule has 0 saturated heterocycles. The molecule has 0 spiro atoms. The largest absolute Gasteiger partial charge is 0.325 e. The van der Waals surface area contributed by atoms with Crippen molar-refractivity contribution in [1.29, 1.82) is 0 Å². The number of hydrogen-bond donors (Lipinski definition) is 2. The van der Waals surface area contributed by atoms with Gasteiger partial charge in [0.05, 0.1) is 11.6 Å². The normalized spacial score (nSPS) is 11.8. The maximum absolute atomic E-state index is 13.0. The standard InChI is InChI=1S/C29H31N5O/c1-19(2)16-22-8-10-23(11-9-22)21(4)28(35)32-25-12-7-20(3)27(17-25)34-29-31-15-13-26(33-29)24-6-5-14-30-18-24/h5-15,17-19,21H,16H2,1-4H3,(H,32,35)(H,31,33,34). The monoisotopic (exact) mass is 465 g/mol. The van der Waals surface area contributed by atoms with Gasteiger partial charge in [0.25, 0.3) is 0 Å². The van der Waals surface area contributed by atoms with E-state index in [0.29, 0.717) is 11.9 Å². The minimum Gasteiger partial charge on any atom is -0.325 e. The molecule has 178 valence electrons. The molecule has 35 heavy (non-hydrogen) atoms. The van der Waals surface area contributed by atoms with Crippen molar-refractivity contribution in [2.45, 2.75) is 40.0 Å². The lowest BCUT2D eigenvalue weighted by Gasteiger charge is -2.15. The molecule has 0 bridgehead atoms. The number of amides is 1. The van der Waals surface area contributed by atoms with Crippen LogP contribution in [0.3, 0.4) is 0 Å². The summed E-state index contributed by atoms with van der Waals surface area (Å²) in [4.78, 5) is 26.1. The van der Waals surface area contributed by atoms with Crippen LogP contribution in [0.5, 0.6) is 0 Å². The maximum Gasteiger partial charge on any atom is 0.231 e. The molecule has 1 unspecified atom stereocenters. The van der Waals surface area contributed by atoms with Crippen LogP contribution in [0.15, 0.2) is 79.3 Å². The number of aromatic nitrogens is 3. The number of hydrogen-bond acceptors (Lipinski definition) is 5. The number of benzene rings is 2. The molecule has 2 N–H and O–H groups in total. The molecular formula is C29H31N5O. The Bertz CT molecular complexity index is 1290. The highest BCUT2D eigenvalue weighted by Gasteiger charge is 2.16. The van der Waals surface area contributed by atoms with E-state index < -0.39 is 0 Å². The third kappa shape index (κ3) is 6.29. The van der Waals surface area contributed by atoms with Gasteiger partial charge in [-0.1, -0.05) is 44.2 Å². The van der Waals surface area contributed by atoms with E-state index >= 15 is 0 Å². The molecule has 6 nitrogen and oxygen atoms in total. The molecule has 0 saturated carbocycles. The zero-order valence-electron chi connectivity index (χ0n) is 20.6. The van der Waals surface area contributed by atoms with Crippen LogP contribution < -0.4 is 10.6 Å². The number of carbonyl (C=O) groups excluding carboxylic acids is 1. The predicted octanol–water partition coefficient (Wildman–Crippen LogP) is 6.53. The molecule has 0 aliphatic rings. The Kier molecular flexibility index (Phi) is 7.51. The third-order valence-electron chi connectivity index (χ3n) is 5.88. The molecule has 6 heteroatoms. The number of aryl methyl sites for hydroxylation is 1. The summed E-state index contributed by atoms with van der Waals surface area (Å²) >= 11 is 0. The second-order valence-corrected chi connectivity index (χ2v) is 9.21. The fourth-order valence-corrected chi connectivity index (χ4v) is 3.86. The summed E-state index contributed by atoms with van der Waals surface area (Å²) in [6, 6.07) is 19.8. The van der Waals surface area contributed by atoms with Gasteiger partial charge < -0.3 is 10.6 Å². The summed E-state index contributed by atoms with van der Waals surface area (Å²) in [7, 11) is 0. The highest BCUT2D eigenvalue weighted by molar-refractivity contribution is 5.96. The van der Waals surface area contributed by atoms with Crippen molar-refractivity contribution in [2.24, 2.45) is 5.92 Å². The van der Waals surface area contributed by atoms with Gasteiger partial charge >= 0.3 is 0 Å². The summed E-state index contributed by atoms with van der Waals surface area (Å²) in [5.74, 6) is 0.772. The summed E-state index contributed by atoms with van der Waals surface area (Å²) < 4.78 is 0. The Morgan fingerprint density at radius 3 is 2.49 bits per heavy atom. The number of rotatable bonds is 8. The van der Waals surface area contributed by atoms with Crippen molar-refractivity contribution in [3.8, 4) is 11.3 Å². The fraction of sp³-hybridized carbons (Fsp3) is 0.241. The number of carbonyl (C=O) groups is 1. The molecule has 4 aromatic rings. The smallest absolute Gasteiger partial charge is 0.231 e. The second kappa shape index (κ2) is 10.9. The molecule has 1 amide bonds. The molecule has 2 heterocycles. The average molecular weight is 466 g/mol. The van der Waals surface area contributed by atoms with Crippen LogP contribution in [0, 0.1) is 12.8 Å². The maximum atomic E-state index is 13.0. The molecule has 0 fully saturated rings. The van der Waals surface area contributed by atoms with Crippen molar-refractivity contribution >= 4 is 23.2 Å². The molecule has 2 aromatic heterocycles. The Labute approximate surface area is 206 Å². The van der Waals surface area contributed by atoms with Gasteiger partial charge in [0, 0.05) is 35.5 Å². The highest BCUT2D eigenvalue weighted by atomic mass is 16.1. The zero-order chi connectivity index (χ0) is 24.8. The van der Waals surface area contributed by atoms with E-state index in [4.69, 9.17) is 0 Å². The second-order valence-electron chi connectivity index (χ2n) is 9.21. The lowest BCUT2D eigenvalue weighted by atomic mass is 9.96. The summed E-state index contributed by atoms with van der Waals surface area (Å²) in [5.41, 5.74) is 6.56. The average Bonchev–Trinajstić information content (AvgIpc) is 2.86. The van der Waals surface area contributed by atoms with Crippen molar-refractivity contribution in [3.63, 3.8) is 0 Å². The summed E-state index contributed by atoms with van der Waals surface area (Å²) in [6.07, 6.45) is 6.25. The Balaban J connectivity index is 1.46. The van der Waals surface area contributed by atoms with Crippen molar-refractivity contribution in [1.82, 2.24) is 15.0 Å². The van der Waals surface area contributed by atoms with Crippen LogP contribution in [-0.2, 0) is 11.2 Å². The van der Waals surface area contributed by atoms with E-state index in [9.17, 15) is 4.79 Å². The predicted molar refractivity (Wildman–Crippen MR) is 142 cm³/mol. The minimum atomic E-state index is -0.264. The van der Waals surface area contributed by atoms with E-state index in [2.05, 4.69) is 63.7 Å². The van der Waals surface area contributed by atoms with Gasteiger partial charge in [-0.05, 0) is 73.2 Å². The topological polar surface area (TPSA) is 79.8 Å². The summed E-state index contributed by atoms with van der Waals surface area (Å²) in [5, 5.41) is 6.33. The molecular weight excluding hydrogens is 434 g/mol. The van der Waals surface area contributed by atoms with Crippen LogP contribution in [-0.4, -0.2) is 20.9 Å². The van der Waals surface area contributed by atoms with Gasteiger partial charge in [-0.15, -0.1) is 0 Å². The van der Waals surface area contributed by atoms with Crippen LogP contribution in [0.1, 0.15) is 43.4 Å². The van der Waals surface area contributed by atoms with Crippen LogP contribution in [0.4, 0.5) is 17.3 Å². The number of nitrogens with zero attached hydrogens (tertiary/aromatic N) is 3. The van der Waals surface area contributed by atoms with Crippen LogP contribution >= 0.6 is 0 Å². The molecule has 4 rings (SSSR count). The summed E-state index contributed by atoms with van der Waals surface area (Å²) in [6.45, 7) is 8.34. The number of anilines is 3. The van der Waals surface area contributed by atoms with Gasteiger partial charge in [0.15, 0.2) is 0 Å². The first-order valence-electron chi connectivity index (χ1n) is 11.9. The lowest BCUT2D eigenvalue weighted by Crippen LogP contribution is -2.19. The third-order valence-corrected chi connectivity index (χ3v) is 5.88. The van der Waals surface area contributed by atoms with Gasteiger partial charge in [0.1, 0.15) is 0 Å². The first-order valence-corrected chi connectivity index (χ1v) is 11.9. The van der Waals surface area contributed by atoms with E-state index in [-0.39, 0.29) is 11.8 Å². The van der Waals surface area contributed by atoms with Crippen LogP contribution in [0.2, 0.25) is 0 Å². The lowest BCUT2D eigenvalue weighted by molar-refractivity contribution is -0.117. The van der Waals surface area contributed by atoms with Crippen LogP contribution in [0.25, 0.3) is 11.3 Å². The fourth-order valence-electron chi connectivity index (χ4n) is 3.86.